The van der Waals surface area contributed by atoms with E-state index in [9.17, 15) is 4.79 Å². The van der Waals surface area contributed by atoms with Crippen molar-refractivity contribution in [1.82, 2.24) is 4.90 Å². The Hall–Kier alpha value is -1.91. The number of carbonyl (C=O) groups excluding carboxylic acids is 1. The third-order valence-electron chi connectivity index (χ3n) is 3.52. The molecule has 0 bridgehead atoms. The number of hydrogen-bond donors (Lipinski definition) is 0. The van der Waals surface area contributed by atoms with E-state index in [1.54, 1.807) is 36.2 Å². The molecule has 1 amide bonds. The van der Waals surface area contributed by atoms with E-state index in [0.29, 0.717) is 46.9 Å². The molecule has 4 nitrogen and oxygen atoms in total. The smallest absolute Gasteiger partial charge is 0.254 e. The molecule has 0 aromatic heterocycles. The molecule has 23 heavy (non-hydrogen) atoms. The van der Waals surface area contributed by atoms with Crippen molar-refractivity contribution in [2.24, 2.45) is 0 Å². The molecule has 1 aliphatic rings. The van der Waals surface area contributed by atoms with Crippen molar-refractivity contribution < 1.29 is 14.3 Å². The van der Waals surface area contributed by atoms with Crippen LogP contribution in [0, 0.1) is 0 Å². The first-order chi connectivity index (χ1) is 11.0. The zero-order valence-corrected chi connectivity index (χ0v) is 14.0. The number of nitrogens with zero attached hydrogens (tertiary/aromatic N) is 1. The summed E-state index contributed by atoms with van der Waals surface area (Å²) >= 11 is 12.1. The first kappa shape index (κ1) is 16.0. The lowest BCUT2D eigenvalue weighted by Crippen LogP contribution is -2.26. The van der Waals surface area contributed by atoms with Crippen LogP contribution in [0.2, 0.25) is 10.0 Å². The third kappa shape index (κ3) is 3.54. The lowest BCUT2D eigenvalue weighted by molar-refractivity contribution is 0.0784. The van der Waals surface area contributed by atoms with Gasteiger partial charge in [-0.05, 0) is 29.8 Å². The highest BCUT2D eigenvalue weighted by molar-refractivity contribution is 6.32. The van der Waals surface area contributed by atoms with Gasteiger partial charge in [-0.2, -0.15) is 0 Å². The largest absolute Gasteiger partial charge is 0.486 e. The van der Waals surface area contributed by atoms with E-state index >= 15 is 0 Å². The Morgan fingerprint density at radius 2 is 1.83 bits per heavy atom. The van der Waals surface area contributed by atoms with Crippen LogP contribution < -0.4 is 9.47 Å². The molecule has 6 heteroatoms. The quantitative estimate of drug-likeness (QED) is 0.837. The summed E-state index contributed by atoms with van der Waals surface area (Å²) in [5, 5.41) is 1.05. The molecule has 0 atom stereocenters. The summed E-state index contributed by atoms with van der Waals surface area (Å²) in [7, 11) is 1.74. The zero-order chi connectivity index (χ0) is 16.4. The third-order valence-corrected chi connectivity index (χ3v) is 4.06. The van der Waals surface area contributed by atoms with Gasteiger partial charge in [-0.25, -0.2) is 0 Å². The molecule has 2 aromatic rings. The van der Waals surface area contributed by atoms with Gasteiger partial charge in [0.05, 0.1) is 5.02 Å². The Morgan fingerprint density at radius 3 is 2.57 bits per heavy atom. The van der Waals surface area contributed by atoms with Gasteiger partial charge in [-0.3, -0.25) is 4.79 Å². The van der Waals surface area contributed by atoms with E-state index in [4.69, 9.17) is 32.7 Å². The first-order valence-electron chi connectivity index (χ1n) is 7.13. The summed E-state index contributed by atoms with van der Waals surface area (Å²) in [5.41, 5.74) is 1.46. The average molecular weight is 352 g/mol. The maximum Gasteiger partial charge on any atom is 0.254 e. The van der Waals surface area contributed by atoms with Crippen LogP contribution in [0.25, 0.3) is 0 Å². The number of halogens is 2. The Bertz CT molecular complexity index is 731. The Morgan fingerprint density at radius 1 is 1.13 bits per heavy atom. The number of ether oxygens (including phenoxy) is 2. The van der Waals surface area contributed by atoms with Crippen LogP contribution in [0.1, 0.15) is 15.9 Å². The molecule has 0 fully saturated rings. The Labute approximate surface area is 144 Å². The number of benzene rings is 2. The van der Waals surface area contributed by atoms with Gasteiger partial charge in [0, 0.05) is 24.2 Å². The van der Waals surface area contributed by atoms with Gasteiger partial charge in [-0.1, -0.05) is 35.3 Å². The first-order valence-corrected chi connectivity index (χ1v) is 7.89. The van der Waals surface area contributed by atoms with Crippen LogP contribution in [0.15, 0.2) is 36.4 Å². The van der Waals surface area contributed by atoms with Crippen molar-refractivity contribution in [2.45, 2.75) is 6.54 Å². The average Bonchev–Trinajstić information content (AvgIpc) is 2.56. The number of amides is 1. The number of rotatable bonds is 3. The second-order valence-corrected chi connectivity index (χ2v) is 6.11. The van der Waals surface area contributed by atoms with Crippen molar-refractivity contribution in [2.75, 3.05) is 20.3 Å². The summed E-state index contributed by atoms with van der Waals surface area (Å²) in [6.07, 6.45) is 0. The molecule has 0 aliphatic carbocycles. The van der Waals surface area contributed by atoms with Gasteiger partial charge >= 0.3 is 0 Å². The normalized spacial score (nSPS) is 12.8. The SMILES string of the molecule is CN(Cc1ccc(Cl)cc1)C(=O)c1cc(Cl)c2c(c1)OCCO2. The fourth-order valence-electron chi connectivity index (χ4n) is 2.39. The van der Waals surface area contributed by atoms with Crippen LogP contribution in [0.5, 0.6) is 11.5 Å². The van der Waals surface area contributed by atoms with E-state index in [1.165, 1.54) is 0 Å². The van der Waals surface area contributed by atoms with Gasteiger partial charge < -0.3 is 14.4 Å². The standard InChI is InChI=1S/C17H15Cl2NO3/c1-20(10-11-2-4-13(18)5-3-11)17(21)12-8-14(19)16-15(9-12)22-6-7-23-16/h2-5,8-9H,6-7,10H2,1H3. The molecule has 3 rings (SSSR count). The molecular formula is C17H15Cl2NO3. The lowest BCUT2D eigenvalue weighted by Gasteiger charge is -2.22. The van der Waals surface area contributed by atoms with Gasteiger partial charge in [0.15, 0.2) is 11.5 Å². The highest BCUT2D eigenvalue weighted by Crippen LogP contribution is 2.38. The van der Waals surface area contributed by atoms with Crippen molar-refractivity contribution in [3.63, 3.8) is 0 Å². The molecule has 1 heterocycles. The van der Waals surface area contributed by atoms with E-state index in [1.807, 2.05) is 12.1 Å². The maximum absolute atomic E-state index is 12.6. The molecule has 0 saturated carbocycles. The monoisotopic (exact) mass is 351 g/mol. The van der Waals surface area contributed by atoms with Gasteiger partial charge in [0.1, 0.15) is 13.2 Å². The predicted molar refractivity (Wildman–Crippen MR) is 89.7 cm³/mol. The summed E-state index contributed by atoms with van der Waals surface area (Å²) in [6.45, 7) is 1.38. The molecule has 0 spiro atoms. The van der Waals surface area contributed by atoms with Gasteiger partial charge in [-0.15, -0.1) is 0 Å². The zero-order valence-electron chi connectivity index (χ0n) is 12.5. The Kier molecular flexibility index (Phi) is 4.64. The molecular weight excluding hydrogens is 337 g/mol. The van der Waals surface area contributed by atoms with Crippen molar-refractivity contribution in [3.8, 4) is 11.5 Å². The fraction of sp³-hybridized carbons (Fsp3) is 0.235. The summed E-state index contributed by atoms with van der Waals surface area (Å²) in [6, 6.07) is 10.7. The number of carbonyl (C=O) groups is 1. The molecule has 0 radical (unpaired) electrons. The van der Waals surface area contributed by atoms with Gasteiger partial charge in [0.2, 0.25) is 0 Å². The number of hydrogen-bond acceptors (Lipinski definition) is 3. The van der Waals surface area contributed by atoms with Crippen LogP contribution in [-0.4, -0.2) is 31.1 Å². The topological polar surface area (TPSA) is 38.8 Å². The second-order valence-electron chi connectivity index (χ2n) is 5.27. The van der Waals surface area contributed by atoms with E-state index in [0.717, 1.165) is 5.56 Å². The highest BCUT2D eigenvalue weighted by atomic mass is 35.5. The van der Waals surface area contributed by atoms with Crippen molar-refractivity contribution >= 4 is 29.1 Å². The molecule has 0 unspecified atom stereocenters. The van der Waals surface area contributed by atoms with E-state index < -0.39 is 0 Å². The second kappa shape index (κ2) is 6.69. The molecule has 2 aromatic carbocycles. The number of fused-ring (bicyclic) bond motifs is 1. The van der Waals surface area contributed by atoms with Crippen LogP contribution in [0.3, 0.4) is 0 Å². The summed E-state index contributed by atoms with van der Waals surface area (Å²) in [5.74, 6) is 0.862. The predicted octanol–water partition coefficient (Wildman–Crippen LogP) is 4.04. The highest BCUT2D eigenvalue weighted by Gasteiger charge is 2.21. The van der Waals surface area contributed by atoms with Gasteiger partial charge in [0.25, 0.3) is 5.91 Å². The van der Waals surface area contributed by atoms with E-state index in [-0.39, 0.29) is 5.91 Å². The van der Waals surface area contributed by atoms with E-state index in [2.05, 4.69) is 0 Å². The van der Waals surface area contributed by atoms with Crippen molar-refractivity contribution in [1.29, 1.82) is 0 Å². The Balaban J connectivity index is 1.79. The molecule has 1 aliphatic heterocycles. The summed E-state index contributed by atoms with van der Waals surface area (Å²) in [4.78, 5) is 14.2. The molecule has 0 N–H and O–H groups in total. The fourth-order valence-corrected chi connectivity index (χ4v) is 2.78. The minimum Gasteiger partial charge on any atom is -0.486 e. The van der Waals surface area contributed by atoms with Crippen LogP contribution in [0.4, 0.5) is 0 Å². The van der Waals surface area contributed by atoms with Crippen molar-refractivity contribution in [3.05, 3.63) is 57.6 Å². The lowest BCUT2D eigenvalue weighted by atomic mass is 10.1. The molecule has 0 saturated heterocycles. The maximum atomic E-state index is 12.6. The molecule has 120 valence electrons. The van der Waals surface area contributed by atoms with Crippen LogP contribution >= 0.6 is 23.2 Å². The summed E-state index contributed by atoms with van der Waals surface area (Å²) < 4.78 is 11.0. The minimum atomic E-state index is -0.140. The van der Waals surface area contributed by atoms with Crippen LogP contribution in [-0.2, 0) is 6.54 Å². The minimum absolute atomic E-state index is 0.140.